The number of amides is 1. The Bertz CT molecular complexity index is 1190. The number of nitrogens with zero attached hydrogens (tertiary/aromatic N) is 2. The van der Waals surface area contributed by atoms with Gasteiger partial charge in [0.25, 0.3) is 0 Å². The van der Waals surface area contributed by atoms with Crippen LogP contribution in [0.1, 0.15) is 16.4 Å². The number of halogens is 1. The summed E-state index contributed by atoms with van der Waals surface area (Å²) >= 11 is 1.52. The van der Waals surface area contributed by atoms with E-state index in [-0.39, 0.29) is 17.0 Å². The number of thioether (sulfide) groups is 1. The zero-order valence-electron chi connectivity index (χ0n) is 16.0. The number of para-hydroxylation sites is 1. The van der Waals surface area contributed by atoms with Gasteiger partial charge in [-0.15, -0.1) is 11.8 Å². The van der Waals surface area contributed by atoms with E-state index in [1.165, 1.54) is 23.9 Å². The lowest BCUT2D eigenvalue weighted by Gasteiger charge is -2.16. The summed E-state index contributed by atoms with van der Waals surface area (Å²) in [5.74, 6) is 0.599. The van der Waals surface area contributed by atoms with Crippen LogP contribution in [0.25, 0.3) is 16.9 Å². The monoisotopic (exact) mass is 415 g/mol. The van der Waals surface area contributed by atoms with Crippen LogP contribution in [-0.4, -0.2) is 21.4 Å². The van der Waals surface area contributed by atoms with Gasteiger partial charge in [-0.05, 0) is 29.8 Å². The Hall–Kier alpha value is -3.38. The van der Waals surface area contributed by atoms with Crippen LogP contribution in [0.5, 0.6) is 0 Å². The third kappa shape index (κ3) is 3.39. The number of fused-ring (bicyclic) bond motifs is 1. The second kappa shape index (κ2) is 7.80. The molecule has 1 aliphatic rings. The molecule has 0 bridgehead atoms. The van der Waals surface area contributed by atoms with E-state index in [1.807, 2.05) is 60.7 Å². The number of hydrogen-bond acceptors (Lipinski definition) is 3. The van der Waals surface area contributed by atoms with Gasteiger partial charge in [0, 0.05) is 11.1 Å². The van der Waals surface area contributed by atoms with Gasteiger partial charge in [-0.25, -0.2) is 9.07 Å². The fourth-order valence-electron chi connectivity index (χ4n) is 3.67. The standard InChI is InChI=1S/C24H18FN3OS/c25-18-13-11-17(12-14-18)23-21-22(16-7-3-1-4-8-16)27-28(19-9-5-2-6-10-19)24(21)26-20(29)15-30-23/h1-14,23H,15H2,(H,26,29)/t23-/m1/s1. The smallest absolute Gasteiger partial charge is 0.235 e. The maximum Gasteiger partial charge on any atom is 0.235 e. The predicted octanol–water partition coefficient (Wildman–Crippen LogP) is 5.45. The molecule has 0 radical (unpaired) electrons. The molecule has 4 aromatic rings. The van der Waals surface area contributed by atoms with Crippen molar-refractivity contribution in [3.05, 3.63) is 102 Å². The number of hydrogen-bond donors (Lipinski definition) is 1. The predicted molar refractivity (Wildman–Crippen MR) is 118 cm³/mol. The molecule has 1 atom stereocenters. The molecule has 1 aliphatic heterocycles. The van der Waals surface area contributed by atoms with E-state index in [1.54, 1.807) is 16.8 Å². The van der Waals surface area contributed by atoms with Crippen molar-refractivity contribution >= 4 is 23.5 Å². The van der Waals surface area contributed by atoms with E-state index < -0.39 is 0 Å². The number of carbonyl (C=O) groups is 1. The second-order valence-corrected chi connectivity index (χ2v) is 8.11. The Kier molecular flexibility index (Phi) is 4.85. The summed E-state index contributed by atoms with van der Waals surface area (Å²) in [4.78, 5) is 12.6. The number of benzene rings is 3. The molecule has 148 valence electrons. The van der Waals surface area contributed by atoms with E-state index in [0.717, 1.165) is 28.1 Å². The Morgan fingerprint density at radius 1 is 0.933 bits per heavy atom. The van der Waals surface area contributed by atoms with Crippen LogP contribution in [0.4, 0.5) is 10.2 Å². The lowest BCUT2D eigenvalue weighted by molar-refractivity contribution is -0.113. The number of carbonyl (C=O) groups excluding carboxylic acids is 1. The van der Waals surface area contributed by atoms with Gasteiger partial charge in [-0.3, -0.25) is 4.79 Å². The first kappa shape index (κ1) is 18.6. The number of nitrogens with one attached hydrogen (secondary N) is 1. The molecule has 3 aromatic carbocycles. The zero-order chi connectivity index (χ0) is 20.5. The van der Waals surface area contributed by atoms with E-state index in [9.17, 15) is 9.18 Å². The van der Waals surface area contributed by atoms with Crippen molar-refractivity contribution in [1.29, 1.82) is 0 Å². The van der Waals surface area contributed by atoms with Crippen LogP contribution in [0.15, 0.2) is 84.9 Å². The van der Waals surface area contributed by atoms with E-state index in [2.05, 4.69) is 5.32 Å². The molecule has 0 saturated carbocycles. The van der Waals surface area contributed by atoms with Crippen molar-refractivity contribution < 1.29 is 9.18 Å². The van der Waals surface area contributed by atoms with E-state index >= 15 is 0 Å². The van der Waals surface area contributed by atoms with Crippen molar-refractivity contribution in [2.24, 2.45) is 0 Å². The van der Waals surface area contributed by atoms with Crippen molar-refractivity contribution in [3.63, 3.8) is 0 Å². The zero-order valence-corrected chi connectivity index (χ0v) is 16.8. The quantitative estimate of drug-likeness (QED) is 0.484. The summed E-state index contributed by atoms with van der Waals surface area (Å²) in [6.45, 7) is 0. The first-order valence-electron chi connectivity index (χ1n) is 9.61. The normalized spacial score (nSPS) is 15.9. The van der Waals surface area contributed by atoms with Crippen LogP contribution >= 0.6 is 11.8 Å². The highest BCUT2D eigenvalue weighted by molar-refractivity contribution is 8.00. The number of anilines is 1. The van der Waals surface area contributed by atoms with Crippen molar-refractivity contribution in [2.45, 2.75) is 5.25 Å². The molecule has 4 nitrogen and oxygen atoms in total. The van der Waals surface area contributed by atoms with Crippen molar-refractivity contribution in [2.75, 3.05) is 11.1 Å². The highest BCUT2D eigenvalue weighted by Crippen LogP contribution is 2.46. The molecule has 6 heteroatoms. The molecule has 5 rings (SSSR count). The topological polar surface area (TPSA) is 46.9 Å². The summed E-state index contributed by atoms with van der Waals surface area (Å²) < 4.78 is 15.4. The molecular weight excluding hydrogens is 397 g/mol. The van der Waals surface area contributed by atoms with Gasteiger partial charge in [0.15, 0.2) is 0 Å². The minimum atomic E-state index is -0.282. The van der Waals surface area contributed by atoms with Crippen LogP contribution in [0, 0.1) is 5.82 Å². The minimum absolute atomic E-state index is 0.0810. The Labute approximate surface area is 177 Å². The summed E-state index contributed by atoms with van der Waals surface area (Å²) in [5, 5.41) is 7.81. The Morgan fingerprint density at radius 2 is 1.60 bits per heavy atom. The highest BCUT2D eigenvalue weighted by Gasteiger charge is 2.32. The van der Waals surface area contributed by atoms with Crippen LogP contribution < -0.4 is 5.32 Å². The molecule has 1 N–H and O–H groups in total. The maximum atomic E-state index is 13.6. The minimum Gasteiger partial charge on any atom is -0.310 e. The van der Waals surface area contributed by atoms with E-state index in [4.69, 9.17) is 5.10 Å². The Morgan fingerprint density at radius 3 is 2.30 bits per heavy atom. The lowest BCUT2D eigenvalue weighted by atomic mass is 10.00. The molecule has 0 fully saturated rings. The summed E-state index contributed by atoms with van der Waals surface area (Å²) in [5.41, 5.74) is 4.49. The van der Waals surface area contributed by atoms with Crippen LogP contribution in [0.2, 0.25) is 0 Å². The fourth-order valence-corrected chi connectivity index (χ4v) is 4.80. The van der Waals surface area contributed by atoms with Gasteiger partial charge in [0.1, 0.15) is 11.6 Å². The summed E-state index contributed by atoms with van der Waals surface area (Å²) in [6, 6.07) is 26.1. The third-order valence-corrected chi connectivity index (χ3v) is 6.31. The largest absolute Gasteiger partial charge is 0.310 e. The molecule has 1 aromatic heterocycles. The van der Waals surface area contributed by atoms with Gasteiger partial charge >= 0.3 is 0 Å². The summed E-state index contributed by atoms with van der Waals surface area (Å²) in [7, 11) is 0. The highest BCUT2D eigenvalue weighted by atomic mass is 32.2. The van der Waals surface area contributed by atoms with Gasteiger partial charge in [-0.1, -0.05) is 60.7 Å². The van der Waals surface area contributed by atoms with Crippen LogP contribution in [0.3, 0.4) is 0 Å². The van der Waals surface area contributed by atoms with Crippen molar-refractivity contribution in [3.8, 4) is 16.9 Å². The lowest BCUT2D eigenvalue weighted by Crippen LogP contribution is -2.15. The van der Waals surface area contributed by atoms with Gasteiger partial charge < -0.3 is 5.32 Å². The number of rotatable bonds is 3. The van der Waals surface area contributed by atoms with Crippen molar-refractivity contribution in [1.82, 2.24) is 9.78 Å². The van der Waals surface area contributed by atoms with Gasteiger partial charge in [0.2, 0.25) is 5.91 Å². The first-order chi connectivity index (χ1) is 14.7. The third-order valence-electron chi connectivity index (χ3n) is 5.04. The molecule has 30 heavy (non-hydrogen) atoms. The fraction of sp³-hybridized carbons (Fsp3) is 0.0833. The molecule has 2 heterocycles. The maximum absolute atomic E-state index is 13.6. The van der Waals surface area contributed by atoms with Gasteiger partial charge in [-0.2, -0.15) is 5.10 Å². The molecule has 0 unspecified atom stereocenters. The average molecular weight is 415 g/mol. The molecule has 1 amide bonds. The van der Waals surface area contributed by atoms with Crippen LogP contribution in [-0.2, 0) is 4.79 Å². The molecule has 0 aliphatic carbocycles. The SMILES string of the molecule is O=C1CS[C@H](c2ccc(F)cc2)c2c(-c3ccccc3)nn(-c3ccccc3)c2N1. The molecule has 0 spiro atoms. The van der Waals surface area contributed by atoms with E-state index in [0.29, 0.717) is 11.6 Å². The first-order valence-corrected chi connectivity index (χ1v) is 10.7. The molecular formula is C24H18FN3OS. The Balaban J connectivity index is 1.78. The molecule has 0 saturated heterocycles. The summed E-state index contributed by atoms with van der Waals surface area (Å²) in [6.07, 6.45) is 0. The average Bonchev–Trinajstić information content (AvgIpc) is 3.06. The van der Waals surface area contributed by atoms with Gasteiger partial charge in [0.05, 0.1) is 22.4 Å². The second-order valence-electron chi connectivity index (χ2n) is 7.02. The number of aromatic nitrogens is 2.